The van der Waals surface area contributed by atoms with E-state index in [2.05, 4.69) is 4.98 Å². The third kappa shape index (κ3) is 3.90. The van der Waals surface area contributed by atoms with Crippen LogP contribution in [0.5, 0.6) is 0 Å². The monoisotopic (exact) mass is 393 g/mol. The molecule has 1 fully saturated rings. The molecule has 1 saturated carbocycles. The molecule has 0 atom stereocenters. The van der Waals surface area contributed by atoms with E-state index in [9.17, 15) is 13.2 Å². The molecule has 0 saturated heterocycles. The zero-order valence-corrected chi connectivity index (χ0v) is 16.2. The first-order chi connectivity index (χ1) is 12.3. The van der Waals surface area contributed by atoms with Gasteiger partial charge in [0.2, 0.25) is 10.0 Å². The van der Waals surface area contributed by atoms with Gasteiger partial charge in [0, 0.05) is 44.6 Å². The van der Waals surface area contributed by atoms with E-state index in [0.29, 0.717) is 12.1 Å². The van der Waals surface area contributed by atoms with E-state index < -0.39 is 10.0 Å². The fourth-order valence-corrected chi connectivity index (χ4v) is 4.03. The maximum absolute atomic E-state index is 13.0. The number of sulfonamides is 1. The number of nitrogens with zero attached hydrogens (tertiary/aromatic N) is 3. The molecule has 1 aromatic carbocycles. The van der Waals surface area contributed by atoms with Crippen molar-refractivity contribution in [3.8, 4) is 0 Å². The molecular weight excluding hydrogens is 374 g/mol. The minimum Gasteiger partial charge on any atom is -0.331 e. The van der Waals surface area contributed by atoms with E-state index in [1.165, 1.54) is 26.2 Å². The van der Waals surface area contributed by atoms with Gasteiger partial charge in [0.25, 0.3) is 5.91 Å². The zero-order chi connectivity index (χ0) is 18.9. The summed E-state index contributed by atoms with van der Waals surface area (Å²) in [5.74, 6) is -0.198. The second kappa shape index (κ2) is 7.34. The van der Waals surface area contributed by atoms with Crippen molar-refractivity contribution < 1.29 is 13.2 Å². The predicted molar refractivity (Wildman–Crippen MR) is 99.5 cm³/mol. The lowest BCUT2D eigenvalue weighted by atomic mass is 10.1. The van der Waals surface area contributed by atoms with Gasteiger partial charge < -0.3 is 4.90 Å². The first kappa shape index (κ1) is 18.8. The third-order valence-electron chi connectivity index (χ3n) is 4.29. The first-order valence-corrected chi connectivity index (χ1v) is 10.0. The van der Waals surface area contributed by atoms with E-state index in [0.717, 1.165) is 22.7 Å². The smallest absolute Gasteiger partial charge is 0.254 e. The summed E-state index contributed by atoms with van der Waals surface area (Å²) in [6.45, 7) is 0.463. The molecule has 1 aliphatic rings. The van der Waals surface area contributed by atoms with Crippen LogP contribution in [0.4, 0.5) is 0 Å². The van der Waals surface area contributed by atoms with Crippen LogP contribution in [0.15, 0.2) is 47.6 Å². The predicted octanol–water partition coefficient (Wildman–Crippen LogP) is 2.79. The third-order valence-corrected chi connectivity index (χ3v) is 6.58. The largest absolute Gasteiger partial charge is 0.331 e. The highest BCUT2D eigenvalue weighted by atomic mass is 35.5. The molecule has 0 bridgehead atoms. The lowest BCUT2D eigenvalue weighted by Gasteiger charge is -2.23. The zero-order valence-electron chi connectivity index (χ0n) is 14.6. The summed E-state index contributed by atoms with van der Waals surface area (Å²) in [4.78, 5) is 18.8. The Morgan fingerprint density at radius 2 is 1.85 bits per heavy atom. The van der Waals surface area contributed by atoms with Crippen LogP contribution < -0.4 is 0 Å². The number of hydrogen-bond donors (Lipinski definition) is 0. The molecule has 26 heavy (non-hydrogen) atoms. The molecule has 2 aromatic rings. The molecule has 1 heterocycles. The number of benzene rings is 1. The second-order valence-corrected chi connectivity index (χ2v) is 8.98. The lowest BCUT2D eigenvalue weighted by Crippen LogP contribution is -2.33. The summed E-state index contributed by atoms with van der Waals surface area (Å²) in [5.41, 5.74) is 1.30. The number of carbonyl (C=O) groups excluding carboxylic acids is 1. The van der Waals surface area contributed by atoms with Crippen molar-refractivity contribution in [2.45, 2.75) is 30.3 Å². The van der Waals surface area contributed by atoms with Gasteiger partial charge in [0.1, 0.15) is 4.90 Å². The standard InChI is InChI=1S/C18H20ClN3O3S/c1-21(2)26(24,25)17-11-14(3-6-16(17)19)18(23)22(15-4-5-15)12-13-7-9-20-10-8-13/h3,6-11,15H,4-5,12H2,1-2H3. The summed E-state index contributed by atoms with van der Waals surface area (Å²) in [7, 11) is -0.869. The van der Waals surface area contributed by atoms with Gasteiger partial charge >= 0.3 is 0 Å². The normalized spacial score (nSPS) is 14.5. The van der Waals surface area contributed by atoms with Crippen LogP contribution in [0.3, 0.4) is 0 Å². The number of amides is 1. The fourth-order valence-electron chi connectivity index (χ4n) is 2.63. The number of hydrogen-bond acceptors (Lipinski definition) is 4. The highest BCUT2D eigenvalue weighted by molar-refractivity contribution is 7.89. The Bertz CT molecular complexity index is 913. The second-order valence-electron chi connectivity index (χ2n) is 6.45. The number of rotatable bonds is 6. The van der Waals surface area contributed by atoms with Crippen molar-refractivity contribution in [1.29, 1.82) is 0 Å². The Labute approximate surface area is 158 Å². The minimum absolute atomic E-state index is 0.0605. The fraction of sp³-hybridized carbons (Fsp3) is 0.333. The number of pyridine rings is 1. The van der Waals surface area contributed by atoms with Gasteiger partial charge in [0.05, 0.1) is 5.02 Å². The van der Waals surface area contributed by atoms with Crippen molar-refractivity contribution >= 4 is 27.5 Å². The lowest BCUT2D eigenvalue weighted by molar-refractivity contribution is 0.0729. The molecule has 6 nitrogen and oxygen atoms in total. The molecule has 138 valence electrons. The molecule has 0 radical (unpaired) electrons. The highest BCUT2D eigenvalue weighted by Gasteiger charge is 2.34. The van der Waals surface area contributed by atoms with E-state index in [4.69, 9.17) is 11.6 Å². The maximum atomic E-state index is 13.0. The Kier molecular flexibility index (Phi) is 5.32. The van der Waals surface area contributed by atoms with Crippen LogP contribution >= 0.6 is 11.6 Å². The van der Waals surface area contributed by atoms with Crippen LogP contribution in [0.2, 0.25) is 5.02 Å². The molecule has 1 aliphatic carbocycles. The highest BCUT2D eigenvalue weighted by Crippen LogP contribution is 2.31. The van der Waals surface area contributed by atoms with Crippen LogP contribution in [0, 0.1) is 0 Å². The van der Waals surface area contributed by atoms with Gasteiger partial charge in [-0.15, -0.1) is 0 Å². The molecule has 0 N–H and O–H groups in total. The van der Waals surface area contributed by atoms with Gasteiger partial charge in [-0.25, -0.2) is 12.7 Å². The van der Waals surface area contributed by atoms with E-state index >= 15 is 0 Å². The van der Waals surface area contributed by atoms with Gasteiger partial charge in [-0.05, 0) is 48.7 Å². The van der Waals surface area contributed by atoms with Crippen molar-refractivity contribution in [2.75, 3.05) is 14.1 Å². The van der Waals surface area contributed by atoms with Gasteiger partial charge in [-0.1, -0.05) is 11.6 Å². The van der Waals surface area contributed by atoms with Gasteiger partial charge in [-0.3, -0.25) is 9.78 Å². The summed E-state index contributed by atoms with van der Waals surface area (Å²) in [6.07, 6.45) is 5.28. The Balaban J connectivity index is 1.93. The molecule has 0 spiro atoms. The average Bonchev–Trinajstić information content (AvgIpc) is 3.45. The Morgan fingerprint density at radius 3 is 2.42 bits per heavy atom. The number of halogens is 1. The van der Waals surface area contributed by atoms with E-state index in [-0.39, 0.29) is 21.9 Å². The van der Waals surface area contributed by atoms with Crippen LogP contribution in [-0.2, 0) is 16.6 Å². The number of carbonyl (C=O) groups is 1. The van der Waals surface area contributed by atoms with Crippen molar-refractivity contribution in [3.63, 3.8) is 0 Å². The molecule has 0 aliphatic heterocycles. The van der Waals surface area contributed by atoms with Gasteiger partial charge in [-0.2, -0.15) is 0 Å². The van der Waals surface area contributed by atoms with Crippen LogP contribution in [-0.4, -0.2) is 48.7 Å². The van der Waals surface area contributed by atoms with Crippen LogP contribution in [0.1, 0.15) is 28.8 Å². The maximum Gasteiger partial charge on any atom is 0.254 e. The van der Waals surface area contributed by atoms with Crippen molar-refractivity contribution in [2.24, 2.45) is 0 Å². The summed E-state index contributed by atoms with van der Waals surface area (Å²) >= 11 is 6.08. The topological polar surface area (TPSA) is 70.6 Å². The molecular formula is C18H20ClN3O3S. The molecule has 1 amide bonds. The summed E-state index contributed by atoms with van der Waals surface area (Å²) < 4.78 is 26.0. The minimum atomic E-state index is -3.73. The first-order valence-electron chi connectivity index (χ1n) is 8.22. The van der Waals surface area contributed by atoms with Crippen molar-refractivity contribution in [3.05, 3.63) is 58.9 Å². The van der Waals surface area contributed by atoms with Crippen LogP contribution in [0.25, 0.3) is 0 Å². The van der Waals surface area contributed by atoms with E-state index in [1.54, 1.807) is 23.4 Å². The SMILES string of the molecule is CN(C)S(=O)(=O)c1cc(C(=O)N(Cc2ccncc2)C2CC2)ccc1Cl. The Hall–Kier alpha value is -1.96. The van der Waals surface area contributed by atoms with Crippen molar-refractivity contribution in [1.82, 2.24) is 14.2 Å². The summed E-state index contributed by atoms with van der Waals surface area (Å²) in [6, 6.07) is 8.31. The van der Waals surface area contributed by atoms with Gasteiger partial charge in [0.15, 0.2) is 0 Å². The molecule has 8 heteroatoms. The Morgan fingerprint density at radius 1 is 1.19 bits per heavy atom. The average molecular weight is 394 g/mol. The van der Waals surface area contributed by atoms with E-state index in [1.807, 2.05) is 12.1 Å². The molecule has 0 unspecified atom stereocenters. The quantitative estimate of drug-likeness (QED) is 0.756. The molecule has 1 aromatic heterocycles. The molecule has 3 rings (SSSR count). The summed E-state index contributed by atoms with van der Waals surface area (Å²) in [5, 5.41) is 0.0994. The number of aromatic nitrogens is 1.